The molecule has 1 rings (SSSR count). The molecule has 0 saturated carbocycles. The van der Waals surface area contributed by atoms with Gasteiger partial charge in [-0.2, -0.15) is 0 Å². The van der Waals surface area contributed by atoms with E-state index in [0.717, 1.165) is 18.0 Å². The maximum atomic E-state index is 5.44. The van der Waals surface area contributed by atoms with Crippen LogP contribution in [0.4, 0.5) is 0 Å². The number of ether oxygens (including phenoxy) is 2. The summed E-state index contributed by atoms with van der Waals surface area (Å²) in [5.74, 6) is 2.74. The summed E-state index contributed by atoms with van der Waals surface area (Å²) >= 11 is 0. The SMILES string of the molecule is CNCC(C)C(C)c1ccc(OC)cc1OC. The van der Waals surface area contributed by atoms with E-state index >= 15 is 0 Å². The molecule has 0 aromatic heterocycles. The average molecular weight is 237 g/mol. The first-order valence-electron chi connectivity index (χ1n) is 6.00. The largest absolute Gasteiger partial charge is 0.497 e. The molecule has 1 N–H and O–H groups in total. The van der Waals surface area contributed by atoms with Crippen LogP contribution in [0.2, 0.25) is 0 Å². The fourth-order valence-corrected chi connectivity index (χ4v) is 2.00. The van der Waals surface area contributed by atoms with Gasteiger partial charge in [-0.15, -0.1) is 0 Å². The minimum absolute atomic E-state index is 0.448. The number of methoxy groups -OCH3 is 2. The molecular weight excluding hydrogens is 214 g/mol. The molecule has 2 atom stereocenters. The zero-order chi connectivity index (χ0) is 12.8. The predicted octanol–water partition coefficient (Wildman–Crippen LogP) is 2.66. The number of hydrogen-bond acceptors (Lipinski definition) is 3. The molecule has 0 saturated heterocycles. The molecule has 0 aliphatic heterocycles. The van der Waals surface area contributed by atoms with Gasteiger partial charge in [0.15, 0.2) is 0 Å². The molecular formula is C14H23NO2. The minimum Gasteiger partial charge on any atom is -0.497 e. The summed E-state index contributed by atoms with van der Waals surface area (Å²) in [5, 5.41) is 3.21. The van der Waals surface area contributed by atoms with E-state index in [1.165, 1.54) is 5.56 Å². The lowest BCUT2D eigenvalue weighted by Gasteiger charge is -2.22. The maximum Gasteiger partial charge on any atom is 0.126 e. The Hall–Kier alpha value is -1.22. The predicted molar refractivity (Wildman–Crippen MR) is 71.1 cm³/mol. The molecule has 0 bridgehead atoms. The summed E-state index contributed by atoms with van der Waals surface area (Å²) in [4.78, 5) is 0. The van der Waals surface area contributed by atoms with Crippen molar-refractivity contribution in [3.8, 4) is 11.5 Å². The second-order valence-corrected chi connectivity index (χ2v) is 4.43. The third-order valence-corrected chi connectivity index (χ3v) is 3.31. The molecule has 0 amide bonds. The Balaban J connectivity index is 2.96. The summed E-state index contributed by atoms with van der Waals surface area (Å²) in [6.45, 7) is 5.47. The van der Waals surface area contributed by atoms with Gasteiger partial charge in [-0.1, -0.05) is 19.9 Å². The Bertz CT molecular complexity index is 352. The van der Waals surface area contributed by atoms with Crippen molar-refractivity contribution in [2.24, 2.45) is 5.92 Å². The van der Waals surface area contributed by atoms with Crippen LogP contribution in [-0.2, 0) is 0 Å². The van der Waals surface area contributed by atoms with Crippen LogP contribution in [0.25, 0.3) is 0 Å². The van der Waals surface area contributed by atoms with E-state index in [4.69, 9.17) is 9.47 Å². The Morgan fingerprint density at radius 1 is 1.18 bits per heavy atom. The van der Waals surface area contributed by atoms with Crippen LogP contribution in [-0.4, -0.2) is 27.8 Å². The number of rotatable bonds is 6. The zero-order valence-electron chi connectivity index (χ0n) is 11.4. The highest BCUT2D eigenvalue weighted by atomic mass is 16.5. The third-order valence-electron chi connectivity index (χ3n) is 3.31. The highest BCUT2D eigenvalue weighted by Crippen LogP contribution is 2.34. The van der Waals surface area contributed by atoms with E-state index < -0.39 is 0 Å². The van der Waals surface area contributed by atoms with Crippen LogP contribution in [0, 0.1) is 5.92 Å². The van der Waals surface area contributed by atoms with Crippen LogP contribution in [0.3, 0.4) is 0 Å². The molecule has 0 fully saturated rings. The van der Waals surface area contributed by atoms with Gasteiger partial charge in [0.05, 0.1) is 14.2 Å². The Kier molecular flexibility index (Phi) is 5.29. The van der Waals surface area contributed by atoms with Gasteiger partial charge in [-0.25, -0.2) is 0 Å². The fraction of sp³-hybridized carbons (Fsp3) is 0.571. The van der Waals surface area contributed by atoms with Crippen molar-refractivity contribution in [2.45, 2.75) is 19.8 Å². The summed E-state index contributed by atoms with van der Waals surface area (Å²) in [6.07, 6.45) is 0. The van der Waals surface area contributed by atoms with Gasteiger partial charge in [0.1, 0.15) is 11.5 Å². The second-order valence-electron chi connectivity index (χ2n) is 4.43. The van der Waals surface area contributed by atoms with Gasteiger partial charge >= 0.3 is 0 Å². The van der Waals surface area contributed by atoms with Gasteiger partial charge in [-0.05, 0) is 37.1 Å². The van der Waals surface area contributed by atoms with Crippen molar-refractivity contribution >= 4 is 0 Å². The quantitative estimate of drug-likeness (QED) is 0.825. The lowest BCUT2D eigenvalue weighted by molar-refractivity contribution is 0.380. The molecule has 96 valence electrons. The summed E-state index contributed by atoms with van der Waals surface area (Å²) in [6, 6.07) is 6.02. The first-order valence-corrected chi connectivity index (χ1v) is 6.00. The number of hydrogen-bond donors (Lipinski definition) is 1. The van der Waals surface area contributed by atoms with Crippen LogP contribution in [0.5, 0.6) is 11.5 Å². The van der Waals surface area contributed by atoms with E-state index in [-0.39, 0.29) is 0 Å². The molecule has 0 radical (unpaired) electrons. The van der Waals surface area contributed by atoms with Crippen LogP contribution in [0.1, 0.15) is 25.3 Å². The van der Waals surface area contributed by atoms with Gasteiger partial charge in [0, 0.05) is 6.07 Å². The van der Waals surface area contributed by atoms with Gasteiger partial charge in [0.25, 0.3) is 0 Å². The molecule has 1 aromatic carbocycles. The summed E-state index contributed by atoms with van der Waals surface area (Å²) in [7, 11) is 5.35. The maximum absolute atomic E-state index is 5.44. The van der Waals surface area contributed by atoms with Crippen molar-refractivity contribution in [3.05, 3.63) is 23.8 Å². The molecule has 1 aromatic rings. The summed E-state index contributed by atoms with van der Waals surface area (Å²) < 4.78 is 10.6. The first kappa shape index (κ1) is 13.8. The van der Waals surface area contributed by atoms with Crippen molar-refractivity contribution in [1.82, 2.24) is 5.32 Å². The van der Waals surface area contributed by atoms with Crippen LogP contribution >= 0.6 is 0 Å². The Morgan fingerprint density at radius 3 is 2.41 bits per heavy atom. The van der Waals surface area contributed by atoms with Crippen molar-refractivity contribution in [1.29, 1.82) is 0 Å². The smallest absolute Gasteiger partial charge is 0.126 e. The van der Waals surface area contributed by atoms with Crippen molar-refractivity contribution in [3.63, 3.8) is 0 Å². The normalized spacial score (nSPS) is 14.2. The monoisotopic (exact) mass is 237 g/mol. The van der Waals surface area contributed by atoms with Gasteiger partial charge in [-0.3, -0.25) is 0 Å². The Labute approximate surface area is 104 Å². The highest BCUT2D eigenvalue weighted by Gasteiger charge is 2.18. The second kappa shape index (κ2) is 6.50. The molecule has 0 heterocycles. The van der Waals surface area contributed by atoms with Crippen LogP contribution < -0.4 is 14.8 Å². The Morgan fingerprint density at radius 2 is 1.88 bits per heavy atom. The number of benzene rings is 1. The minimum atomic E-state index is 0.448. The summed E-state index contributed by atoms with van der Waals surface area (Å²) in [5.41, 5.74) is 1.23. The van der Waals surface area contributed by atoms with E-state index in [0.29, 0.717) is 11.8 Å². The molecule has 3 nitrogen and oxygen atoms in total. The first-order chi connectivity index (χ1) is 8.13. The molecule has 2 unspecified atom stereocenters. The molecule has 0 spiro atoms. The highest BCUT2D eigenvalue weighted by molar-refractivity contribution is 5.42. The molecule has 0 aliphatic rings. The van der Waals surface area contributed by atoms with Crippen molar-refractivity contribution in [2.75, 3.05) is 27.8 Å². The van der Waals surface area contributed by atoms with Crippen LogP contribution in [0.15, 0.2) is 18.2 Å². The average Bonchev–Trinajstić information content (AvgIpc) is 2.37. The van der Waals surface area contributed by atoms with E-state index in [1.54, 1.807) is 14.2 Å². The lowest BCUT2D eigenvalue weighted by Crippen LogP contribution is -2.21. The number of nitrogens with one attached hydrogen (secondary N) is 1. The van der Waals surface area contributed by atoms with E-state index in [2.05, 4.69) is 25.2 Å². The molecule has 3 heteroatoms. The lowest BCUT2D eigenvalue weighted by atomic mass is 9.88. The molecule has 17 heavy (non-hydrogen) atoms. The van der Waals surface area contributed by atoms with E-state index in [1.807, 2.05) is 19.2 Å². The third kappa shape index (κ3) is 3.37. The van der Waals surface area contributed by atoms with Gasteiger partial charge in [0.2, 0.25) is 0 Å². The zero-order valence-corrected chi connectivity index (χ0v) is 11.4. The fourth-order valence-electron chi connectivity index (χ4n) is 2.00. The topological polar surface area (TPSA) is 30.5 Å². The van der Waals surface area contributed by atoms with E-state index in [9.17, 15) is 0 Å². The molecule has 0 aliphatic carbocycles. The van der Waals surface area contributed by atoms with Gasteiger partial charge < -0.3 is 14.8 Å². The standard InChI is InChI=1S/C14H23NO2/c1-10(9-15-3)11(2)13-7-6-12(16-4)8-14(13)17-5/h6-8,10-11,15H,9H2,1-5H3. The van der Waals surface area contributed by atoms with Crippen molar-refractivity contribution < 1.29 is 9.47 Å².